The van der Waals surface area contributed by atoms with Crippen molar-refractivity contribution in [2.24, 2.45) is 0 Å². The molecule has 0 saturated heterocycles. The quantitative estimate of drug-likeness (QED) is 0.592. The fourth-order valence-corrected chi connectivity index (χ4v) is 1.99. The standard InChI is InChI=1S/C13H21NO3/c1-8(6-9(2)15)14-10(3)12-7-11(16)4-5-13(12)17/h4-5,7-10,14-17H,6H2,1-3H3. The van der Waals surface area contributed by atoms with E-state index in [9.17, 15) is 15.3 Å². The molecule has 0 aliphatic carbocycles. The highest BCUT2D eigenvalue weighted by molar-refractivity contribution is 5.40. The molecular weight excluding hydrogens is 218 g/mol. The molecule has 0 radical (unpaired) electrons. The Morgan fingerprint density at radius 3 is 2.41 bits per heavy atom. The zero-order chi connectivity index (χ0) is 13.0. The minimum absolute atomic E-state index is 0.0872. The number of phenols is 2. The second-order valence-electron chi connectivity index (χ2n) is 4.62. The second kappa shape index (κ2) is 5.89. The van der Waals surface area contributed by atoms with Crippen molar-refractivity contribution in [2.45, 2.75) is 45.4 Å². The first-order valence-corrected chi connectivity index (χ1v) is 5.86. The van der Waals surface area contributed by atoms with Crippen molar-refractivity contribution in [3.8, 4) is 11.5 Å². The van der Waals surface area contributed by atoms with Gasteiger partial charge in [-0.15, -0.1) is 0 Å². The van der Waals surface area contributed by atoms with Gasteiger partial charge in [-0.25, -0.2) is 0 Å². The number of phenolic OH excluding ortho intramolecular Hbond substituents is 2. The van der Waals surface area contributed by atoms with Crippen LogP contribution in [0.1, 0.15) is 38.8 Å². The molecule has 0 aromatic heterocycles. The number of nitrogens with one attached hydrogen (secondary N) is 1. The van der Waals surface area contributed by atoms with Gasteiger partial charge in [0.1, 0.15) is 11.5 Å². The van der Waals surface area contributed by atoms with Gasteiger partial charge in [0.2, 0.25) is 0 Å². The van der Waals surface area contributed by atoms with E-state index in [1.165, 1.54) is 12.1 Å². The van der Waals surface area contributed by atoms with Gasteiger partial charge in [-0.3, -0.25) is 0 Å². The Bertz CT molecular complexity index is 366. The van der Waals surface area contributed by atoms with Gasteiger partial charge in [0.05, 0.1) is 6.10 Å². The third-order valence-corrected chi connectivity index (χ3v) is 2.71. The van der Waals surface area contributed by atoms with Crippen molar-refractivity contribution in [3.63, 3.8) is 0 Å². The predicted octanol–water partition coefficient (Wildman–Crippen LogP) is 1.91. The van der Waals surface area contributed by atoms with Crippen molar-refractivity contribution >= 4 is 0 Å². The van der Waals surface area contributed by atoms with E-state index in [-0.39, 0.29) is 29.7 Å². The van der Waals surface area contributed by atoms with Crippen molar-refractivity contribution in [3.05, 3.63) is 23.8 Å². The van der Waals surface area contributed by atoms with E-state index in [1.54, 1.807) is 13.0 Å². The van der Waals surface area contributed by atoms with Crippen LogP contribution in [0.25, 0.3) is 0 Å². The van der Waals surface area contributed by atoms with Crippen LogP contribution in [-0.2, 0) is 0 Å². The molecule has 3 atom stereocenters. The average Bonchev–Trinajstić information content (AvgIpc) is 2.20. The zero-order valence-electron chi connectivity index (χ0n) is 10.5. The van der Waals surface area contributed by atoms with Gasteiger partial charge in [-0.1, -0.05) is 0 Å². The lowest BCUT2D eigenvalue weighted by molar-refractivity contribution is 0.168. The summed E-state index contributed by atoms with van der Waals surface area (Å²) < 4.78 is 0. The number of aromatic hydroxyl groups is 2. The second-order valence-corrected chi connectivity index (χ2v) is 4.62. The van der Waals surface area contributed by atoms with Crippen molar-refractivity contribution in [1.29, 1.82) is 0 Å². The topological polar surface area (TPSA) is 72.7 Å². The molecule has 0 bridgehead atoms. The van der Waals surface area contributed by atoms with Gasteiger partial charge in [-0.05, 0) is 45.4 Å². The number of aliphatic hydroxyl groups is 1. The van der Waals surface area contributed by atoms with Crippen LogP contribution in [0.5, 0.6) is 11.5 Å². The summed E-state index contributed by atoms with van der Waals surface area (Å²) in [6.07, 6.45) is 0.284. The highest BCUT2D eigenvalue weighted by Crippen LogP contribution is 2.28. The van der Waals surface area contributed by atoms with Crippen molar-refractivity contribution in [1.82, 2.24) is 5.32 Å². The van der Waals surface area contributed by atoms with Crippen LogP contribution in [0, 0.1) is 0 Å². The molecule has 96 valence electrons. The third-order valence-electron chi connectivity index (χ3n) is 2.71. The van der Waals surface area contributed by atoms with Crippen LogP contribution < -0.4 is 5.32 Å². The molecule has 0 spiro atoms. The Balaban J connectivity index is 2.69. The fourth-order valence-electron chi connectivity index (χ4n) is 1.99. The molecule has 17 heavy (non-hydrogen) atoms. The lowest BCUT2D eigenvalue weighted by atomic mass is 10.0. The number of aliphatic hydroxyl groups excluding tert-OH is 1. The molecule has 0 heterocycles. The van der Waals surface area contributed by atoms with Crippen LogP contribution in [0.3, 0.4) is 0 Å². The maximum Gasteiger partial charge on any atom is 0.120 e. The minimum Gasteiger partial charge on any atom is -0.508 e. The lowest BCUT2D eigenvalue weighted by Crippen LogP contribution is -2.31. The van der Waals surface area contributed by atoms with Crippen molar-refractivity contribution in [2.75, 3.05) is 0 Å². The van der Waals surface area contributed by atoms with Gasteiger partial charge >= 0.3 is 0 Å². The fraction of sp³-hybridized carbons (Fsp3) is 0.538. The number of benzene rings is 1. The van der Waals surface area contributed by atoms with Crippen LogP contribution in [0.15, 0.2) is 18.2 Å². The van der Waals surface area contributed by atoms with Gasteiger partial charge in [0.15, 0.2) is 0 Å². The highest BCUT2D eigenvalue weighted by Gasteiger charge is 2.14. The summed E-state index contributed by atoms with van der Waals surface area (Å²) in [5.41, 5.74) is 0.655. The number of rotatable bonds is 5. The number of hydrogen-bond acceptors (Lipinski definition) is 4. The molecule has 4 N–H and O–H groups in total. The molecule has 1 aromatic rings. The lowest BCUT2D eigenvalue weighted by Gasteiger charge is -2.22. The molecule has 3 unspecified atom stereocenters. The van der Waals surface area contributed by atoms with Crippen LogP contribution in [0.4, 0.5) is 0 Å². The van der Waals surface area contributed by atoms with E-state index in [4.69, 9.17) is 0 Å². The Morgan fingerprint density at radius 2 is 1.82 bits per heavy atom. The average molecular weight is 239 g/mol. The zero-order valence-corrected chi connectivity index (χ0v) is 10.5. The smallest absolute Gasteiger partial charge is 0.120 e. The molecule has 0 amide bonds. The molecule has 0 aliphatic rings. The Hall–Kier alpha value is -1.26. The third kappa shape index (κ3) is 4.24. The van der Waals surface area contributed by atoms with E-state index in [2.05, 4.69) is 5.32 Å². The van der Waals surface area contributed by atoms with Gasteiger partial charge < -0.3 is 20.6 Å². The minimum atomic E-state index is -0.359. The van der Waals surface area contributed by atoms with E-state index < -0.39 is 0 Å². The molecule has 0 saturated carbocycles. The first kappa shape index (κ1) is 13.8. The largest absolute Gasteiger partial charge is 0.508 e. The molecule has 1 rings (SSSR count). The molecule has 4 nitrogen and oxygen atoms in total. The maximum atomic E-state index is 9.70. The summed E-state index contributed by atoms with van der Waals surface area (Å²) in [5, 5.41) is 31.6. The Morgan fingerprint density at radius 1 is 1.18 bits per heavy atom. The SMILES string of the molecule is CC(O)CC(C)NC(C)c1cc(O)ccc1O. The summed E-state index contributed by atoms with van der Waals surface area (Å²) in [6, 6.07) is 4.51. The van der Waals surface area contributed by atoms with E-state index in [0.29, 0.717) is 12.0 Å². The first-order chi connectivity index (χ1) is 7.90. The van der Waals surface area contributed by atoms with Crippen LogP contribution in [-0.4, -0.2) is 27.5 Å². The normalized spacial score (nSPS) is 16.5. The van der Waals surface area contributed by atoms with Crippen molar-refractivity contribution < 1.29 is 15.3 Å². The van der Waals surface area contributed by atoms with Crippen LogP contribution in [0.2, 0.25) is 0 Å². The van der Waals surface area contributed by atoms with E-state index >= 15 is 0 Å². The van der Waals surface area contributed by atoms with Gasteiger partial charge in [-0.2, -0.15) is 0 Å². The van der Waals surface area contributed by atoms with E-state index in [0.717, 1.165) is 0 Å². The summed E-state index contributed by atoms with van der Waals surface area (Å²) in [5.74, 6) is 0.293. The molecule has 4 heteroatoms. The monoisotopic (exact) mass is 239 g/mol. The molecule has 0 aliphatic heterocycles. The first-order valence-electron chi connectivity index (χ1n) is 5.86. The van der Waals surface area contributed by atoms with Gasteiger partial charge in [0.25, 0.3) is 0 Å². The maximum absolute atomic E-state index is 9.70. The van der Waals surface area contributed by atoms with E-state index in [1.807, 2.05) is 13.8 Å². The molecule has 1 aromatic carbocycles. The molecular formula is C13H21NO3. The Kier molecular flexibility index (Phi) is 4.78. The highest BCUT2D eigenvalue weighted by atomic mass is 16.3. The van der Waals surface area contributed by atoms with Gasteiger partial charge in [0, 0.05) is 17.6 Å². The molecule has 0 fully saturated rings. The summed E-state index contributed by atoms with van der Waals surface area (Å²) in [4.78, 5) is 0. The summed E-state index contributed by atoms with van der Waals surface area (Å²) >= 11 is 0. The number of hydrogen-bond donors (Lipinski definition) is 4. The van der Waals surface area contributed by atoms with Crippen LogP contribution >= 0.6 is 0 Å². The predicted molar refractivity (Wildman–Crippen MR) is 67.1 cm³/mol. The Labute approximate surface area is 102 Å². The summed E-state index contributed by atoms with van der Waals surface area (Å²) in [7, 11) is 0. The summed E-state index contributed by atoms with van der Waals surface area (Å²) in [6.45, 7) is 5.63.